The smallest absolute Gasteiger partial charge is 0.0583 e. The first-order chi connectivity index (χ1) is 8.29. The SMILES string of the molecule is NC(CO)CCN(Cc1ccccc1)C1CC1. The number of nitrogens with two attached hydrogens (primary N) is 1. The predicted molar refractivity (Wildman–Crippen MR) is 69.6 cm³/mol. The van der Waals surface area contributed by atoms with Crippen LogP contribution < -0.4 is 5.73 Å². The molecule has 0 bridgehead atoms. The van der Waals surface area contributed by atoms with Crippen LogP contribution in [0, 0.1) is 0 Å². The van der Waals surface area contributed by atoms with Crippen molar-refractivity contribution in [2.75, 3.05) is 13.2 Å². The molecule has 1 atom stereocenters. The minimum Gasteiger partial charge on any atom is -0.395 e. The van der Waals surface area contributed by atoms with Crippen LogP contribution in [-0.2, 0) is 6.54 Å². The molecule has 1 aliphatic rings. The number of rotatable bonds is 7. The van der Waals surface area contributed by atoms with Crippen LogP contribution in [0.5, 0.6) is 0 Å². The Kier molecular flexibility index (Phi) is 4.54. The van der Waals surface area contributed by atoms with Crippen molar-refractivity contribution in [3.05, 3.63) is 35.9 Å². The molecule has 0 spiro atoms. The lowest BCUT2D eigenvalue weighted by molar-refractivity contribution is 0.213. The van der Waals surface area contributed by atoms with Crippen molar-refractivity contribution in [3.63, 3.8) is 0 Å². The monoisotopic (exact) mass is 234 g/mol. The second-order valence-electron chi connectivity index (χ2n) is 4.92. The van der Waals surface area contributed by atoms with Crippen LogP contribution >= 0.6 is 0 Å². The van der Waals surface area contributed by atoms with Gasteiger partial charge in [-0.15, -0.1) is 0 Å². The van der Waals surface area contributed by atoms with Crippen LogP contribution in [0.15, 0.2) is 30.3 Å². The molecular formula is C14H22N2O. The van der Waals surface area contributed by atoms with Crippen LogP contribution in [0.2, 0.25) is 0 Å². The van der Waals surface area contributed by atoms with E-state index in [1.165, 1.54) is 18.4 Å². The van der Waals surface area contributed by atoms with E-state index in [2.05, 4.69) is 29.2 Å². The third-order valence-corrected chi connectivity index (χ3v) is 3.31. The number of hydrogen-bond acceptors (Lipinski definition) is 3. The molecule has 3 nitrogen and oxygen atoms in total. The average molecular weight is 234 g/mol. The van der Waals surface area contributed by atoms with E-state index in [1.807, 2.05) is 6.07 Å². The molecule has 2 rings (SSSR count). The lowest BCUT2D eigenvalue weighted by Gasteiger charge is -2.23. The summed E-state index contributed by atoms with van der Waals surface area (Å²) in [6.07, 6.45) is 3.49. The summed E-state index contributed by atoms with van der Waals surface area (Å²) in [6.45, 7) is 2.08. The Morgan fingerprint density at radius 3 is 2.59 bits per heavy atom. The highest BCUT2D eigenvalue weighted by Gasteiger charge is 2.28. The first-order valence-electron chi connectivity index (χ1n) is 6.44. The molecule has 1 unspecified atom stereocenters. The van der Waals surface area contributed by atoms with Gasteiger partial charge in [-0.05, 0) is 24.8 Å². The van der Waals surface area contributed by atoms with Gasteiger partial charge in [-0.25, -0.2) is 0 Å². The Balaban J connectivity index is 1.85. The summed E-state index contributed by atoms with van der Waals surface area (Å²) in [6, 6.07) is 11.2. The van der Waals surface area contributed by atoms with Crippen LogP contribution in [0.3, 0.4) is 0 Å². The molecule has 3 heteroatoms. The maximum atomic E-state index is 8.95. The normalized spacial score (nSPS) is 17.4. The quantitative estimate of drug-likeness (QED) is 0.749. The van der Waals surface area contributed by atoms with E-state index in [4.69, 9.17) is 10.8 Å². The van der Waals surface area contributed by atoms with Crippen LogP contribution in [0.1, 0.15) is 24.8 Å². The maximum Gasteiger partial charge on any atom is 0.0583 e. The Labute approximate surface area is 103 Å². The molecule has 3 N–H and O–H groups in total. The highest BCUT2D eigenvalue weighted by atomic mass is 16.3. The lowest BCUT2D eigenvalue weighted by Crippen LogP contribution is -2.33. The van der Waals surface area contributed by atoms with E-state index in [0.717, 1.165) is 25.6 Å². The summed E-state index contributed by atoms with van der Waals surface area (Å²) in [4.78, 5) is 2.49. The second-order valence-corrected chi connectivity index (χ2v) is 4.92. The highest BCUT2D eigenvalue weighted by Crippen LogP contribution is 2.28. The number of aliphatic hydroxyl groups is 1. The zero-order chi connectivity index (χ0) is 12.1. The molecule has 1 aliphatic carbocycles. The second kappa shape index (κ2) is 6.15. The molecule has 0 aromatic heterocycles. The van der Waals surface area contributed by atoms with Crippen molar-refractivity contribution in [1.29, 1.82) is 0 Å². The summed E-state index contributed by atoms with van der Waals surface area (Å²) in [5.74, 6) is 0. The molecule has 1 fully saturated rings. The standard InChI is InChI=1S/C14H22N2O/c15-13(11-17)8-9-16(14-6-7-14)10-12-4-2-1-3-5-12/h1-5,13-14,17H,6-11,15H2. The van der Waals surface area contributed by atoms with Gasteiger partial charge in [0.15, 0.2) is 0 Å². The van der Waals surface area contributed by atoms with Crippen LogP contribution in [-0.4, -0.2) is 35.2 Å². The molecular weight excluding hydrogens is 212 g/mol. The van der Waals surface area contributed by atoms with Gasteiger partial charge in [-0.3, -0.25) is 4.90 Å². The van der Waals surface area contributed by atoms with Gasteiger partial charge in [-0.1, -0.05) is 30.3 Å². The first kappa shape index (κ1) is 12.6. The van der Waals surface area contributed by atoms with Crippen molar-refractivity contribution < 1.29 is 5.11 Å². The summed E-state index contributed by atoms with van der Waals surface area (Å²) >= 11 is 0. The predicted octanol–water partition coefficient (Wildman–Crippen LogP) is 1.36. The average Bonchev–Trinajstić information content (AvgIpc) is 3.19. The molecule has 1 aromatic carbocycles. The first-order valence-corrected chi connectivity index (χ1v) is 6.44. The van der Waals surface area contributed by atoms with E-state index >= 15 is 0 Å². The van der Waals surface area contributed by atoms with Crippen molar-refractivity contribution in [2.45, 2.75) is 37.9 Å². The fourth-order valence-electron chi connectivity index (χ4n) is 2.07. The minimum atomic E-state index is -0.0768. The molecule has 0 aliphatic heterocycles. The van der Waals surface area contributed by atoms with E-state index < -0.39 is 0 Å². The number of hydrogen-bond donors (Lipinski definition) is 2. The Hall–Kier alpha value is -0.900. The third-order valence-electron chi connectivity index (χ3n) is 3.31. The molecule has 0 amide bonds. The van der Waals surface area contributed by atoms with Gasteiger partial charge in [-0.2, -0.15) is 0 Å². The minimum absolute atomic E-state index is 0.0768. The van der Waals surface area contributed by atoms with Crippen molar-refractivity contribution in [2.24, 2.45) is 5.73 Å². The Bertz CT molecular complexity index is 324. The fraction of sp³-hybridized carbons (Fsp3) is 0.571. The maximum absolute atomic E-state index is 8.95. The summed E-state index contributed by atoms with van der Waals surface area (Å²) in [7, 11) is 0. The summed E-state index contributed by atoms with van der Waals surface area (Å²) in [5.41, 5.74) is 7.12. The van der Waals surface area contributed by atoms with Gasteiger partial charge in [0.1, 0.15) is 0 Å². The summed E-state index contributed by atoms with van der Waals surface area (Å²) in [5, 5.41) is 8.95. The molecule has 0 saturated heterocycles. The van der Waals surface area contributed by atoms with Crippen LogP contribution in [0.4, 0.5) is 0 Å². The largest absolute Gasteiger partial charge is 0.395 e. The van der Waals surface area contributed by atoms with Crippen molar-refractivity contribution in [1.82, 2.24) is 4.90 Å². The van der Waals surface area contributed by atoms with E-state index in [1.54, 1.807) is 0 Å². The van der Waals surface area contributed by atoms with E-state index in [-0.39, 0.29) is 12.6 Å². The van der Waals surface area contributed by atoms with E-state index in [0.29, 0.717) is 0 Å². The van der Waals surface area contributed by atoms with E-state index in [9.17, 15) is 0 Å². The van der Waals surface area contributed by atoms with Gasteiger partial charge in [0.25, 0.3) is 0 Å². The van der Waals surface area contributed by atoms with Crippen molar-refractivity contribution in [3.8, 4) is 0 Å². The third kappa shape index (κ3) is 4.11. The lowest BCUT2D eigenvalue weighted by atomic mass is 10.2. The number of aliphatic hydroxyl groups excluding tert-OH is 1. The molecule has 17 heavy (non-hydrogen) atoms. The number of nitrogens with zero attached hydrogens (tertiary/aromatic N) is 1. The molecule has 1 aromatic rings. The molecule has 0 heterocycles. The van der Waals surface area contributed by atoms with Gasteiger partial charge < -0.3 is 10.8 Å². The molecule has 94 valence electrons. The van der Waals surface area contributed by atoms with Gasteiger partial charge >= 0.3 is 0 Å². The molecule has 0 radical (unpaired) electrons. The topological polar surface area (TPSA) is 49.5 Å². The summed E-state index contributed by atoms with van der Waals surface area (Å²) < 4.78 is 0. The van der Waals surface area contributed by atoms with Gasteiger partial charge in [0, 0.05) is 25.2 Å². The zero-order valence-corrected chi connectivity index (χ0v) is 10.3. The Morgan fingerprint density at radius 2 is 2.00 bits per heavy atom. The van der Waals surface area contributed by atoms with Crippen molar-refractivity contribution >= 4 is 0 Å². The fourth-order valence-corrected chi connectivity index (χ4v) is 2.07. The zero-order valence-electron chi connectivity index (χ0n) is 10.3. The van der Waals surface area contributed by atoms with Gasteiger partial charge in [0.05, 0.1) is 6.61 Å². The molecule has 1 saturated carbocycles. The van der Waals surface area contributed by atoms with Gasteiger partial charge in [0.2, 0.25) is 0 Å². The number of benzene rings is 1. The van der Waals surface area contributed by atoms with Crippen LogP contribution in [0.25, 0.3) is 0 Å². The highest BCUT2D eigenvalue weighted by molar-refractivity contribution is 5.14. The Morgan fingerprint density at radius 1 is 1.29 bits per heavy atom.